The number of hydrogen-bond acceptors (Lipinski definition) is 6. The van der Waals surface area contributed by atoms with Gasteiger partial charge in [-0.25, -0.2) is 0 Å². The second-order valence-electron chi connectivity index (χ2n) is 4.75. The lowest BCUT2D eigenvalue weighted by molar-refractivity contribution is 0.0667. The van der Waals surface area contributed by atoms with E-state index in [4.69, 9.17) is 4.74 Å². The minimum atomic E-state index is 0.102. The van der Waals surface area contributed by atoms with Crippen LogP contribution < -0.4 is 0 Å². The molecule has 0 aliphatic carbocycles. The molecule has 1 saturated heterocycles. The summed E-state index contributed by atoms with van der Waals surface area (Å²) in [5.74, 6) is 0. The highest BCUT2D eigenvalue weighted by Crippen LogP contribution is 2.32. The first-order valence-electron chi connectivity index (χ1n) is 6.32. The van der Waals surface area contributed by atoms with Gasteiger partial charge in [0.25, 0.3) is 0 Å². The van der Waals surface area contributed by atoms with Crippen LogP contribution >= 0.6 is 11.5 Å². The van der Waals surface area contributed by atoms with E-state index >= 15 is 0 Å². The number of nitrogens with zero attached hydrogens (tertiary/aromatic N) is 4. The molecule has 0 spiro atoms. The smallest absolute Gasteiger partial charge is 0.0995 e. The molecule has 0 aromatic carbocycles. The van der Waals surface area contributed by atoms with E-state index < -0.39 is 0 Å². The lowest BCUT2D eigenvalue weighted by Crippen LogP contribution is -2.33. The fourth-order valence-electron chi connectivity index (χ4n) is 2.52. The summed E-state index contributed by atoms with van der Waals surface area (Å²) in [7, 11) is 2.11. The van der Waals surface area contributed by atoms with Gasteiger partial charge >= 0.3 is 0 Å². The number of rotatable bonds is 4. The van der Waals surface area contributed by atoms with Crippen LogP contribution in [0, 0.1) is 0 Å². The zero-order valence-corrected chi connectivity index (χ0v) is 11.6. The summed E-state index contributed by atoms with van der Waals surface area (Å²) in [5.41, 5.74) is 2.16. The maximum absolute atomic E-state index is 5.88. The van der Waals surface area contributed by atoms with Crippen molar-refractivity contribution in [1.82, 2.24) is 19.5 Å². The maximum atomic E-state index is 5.88. The number of ether oxygens (including phenoxy) is 1. The summed E-state index contributed by atoms with van der Waals surface area (Å²) in [5, 5.41) is 6.09. The molecule has 100 valence electrons. The highest BCUT2D eigenvalue weighted by atomic mass is 32.1. The lowest BCUT2D eigenvalue weighted by atomic mass is 10.0. The van der Waals surface area contributed by atoms with Crippen molar-refractivity contribution in [1.29, 1.82) is 0 Å². The van der Waals surface area contributed by atoms with E-state index in [9.17, 15) is 0 Å². The molecule has 1 aliphatic heterocycles. The van der Waals surface area contributed by atoms with Gasteiger partial charge in [-0.2, -0.15) is 0 Å². The van der Waals surface area contributed by atoms with E-state index in [1.165, 1.54) is 11.5 Å². The van der Waals surface area contributed by atoms with Crippen molar-refractivity contribution in [2.24, 2.45) is 0 Å². The van der Waals surface area contributed by atoms with Crippen molar-refractivity contribution < 1.29 is 4.74 Å². The van der Waals surface area contributed by atoms with E-state index in [0.717, 1.165) is 30.8 Å². The van der Waals surface area contributed by atoms with Gasteiger partial charge in [0.2, 0.25) is 0 Å². The number of aromatic nitrogens is 3. The Kier molecular flexibility index (Phi) is 3.82. The fraction of sp³-hybridized carbons (Fsp3) is 0.462. The van der Waals surface area contributed by atoms with E-state index in [1.807, 2.05) is 17.6 Å². The Bertz CT molecular complexity index is 505. The monoisotopic (exact) mass is 276 g/mol. The lowest BCUT2D eigenvalue weighted by Gasteiger charge is -2.27. The Labute approximate surface area is 116 Å². The molecule has 3 rings (SSSR count). The highest BCUT2D eigenvalue weighted by molar-refractivity contribution is 7.03. The van der Waals surface area contributed by atoms with Gasteiger partial charge in [0.1, 0.15) is 0 Å². The molecule has 5 nitrogen and oxygen atoms in total. The van der Waals surface area contributed by atoms with Crippen LogP contribution in [-0.4, -0.2) is 39.2 Å². The molecule has 19 heavy (non-hydrogen) atoms. The molecule has 1 fully saturated rings. The normalized spacial score (nSPS) is 23.1. The van der Waals surface area contributed by atoms with E-state index in [1.54, 1.807) is 6.20 Å². The second-order valence-corrected chi connectivity index (χ2v) is 5.35. The van der Waals surface area contributed by atoms with Crippen LogP contribution in [0.25, 0.3) is 0 Å². The molecule has 2 aromatic rings. The Morgan fingerprint density at radius 1 is 1.53 bits per heavy atom. The van der Waals surface area contributed by atoms with Crippen LogP contribution in [0.2, 0.25) is 0 Å². The van der Waals surface area contributed by atoms with Gasteiger partial charge in [0, 0.05) is 42.5 Å². The molecule has 0 amide bonds. The number of likely N-dealkylation sites (N-methyl/N-ethyl adjacent to an activating group) is 1. The first kappa shape index (κ1) is 12.7. The summed E-state index contributed by atoms with van der Waals surface area (Å²) < 4.78 is 9.78. The van der Waals surface area contributed by atoms with Gasteiger partial charge in [-0.3, -0.25) is 9.88 Å². The van der Waals surface area contributed by atoms with E-state index in [-0.39, 0.29) is 6.10 Å². The summed E-state index contributed by atoms with van der Waals surface area (Å²) in [4.78, 5) is 6.47. The van der Waals surface area contributed by atoms with Crippen LogP contribution in [0.3, 0.4) is 0 Å². The van der Waals surface area contributed by atoms with Crippen molar-refractivity contribution in [2.45, 2.75) is 25.1 Å². The third-order valence-electron chi connectivity index (χ3n) is 3.46. The predicted octanol–water partition coefficient (Wildman–Crippen LogP) is 1.90. The van der Waals surface area contributed by atoms with Gasteiger partial charge in [-0.1, -0.05) is 10.6 Å². The molecular weight excluding hydrogens is 260 g/mol. The molecule has 0 saturated carbocycles. The van der Waals surface area contributed by atoms with Crippen molar-refractivity contribution in [2.75, 3.05) is 13.7 Å². The Hall–Kier alpha value is -1.37. The first-order valence-corrected chi connectivity index (χ1v) is 7.16. The minimum Gasteiger partial charge on any atom is -0.372 e. The average molecular weight is 276 g/mol. The third-order valence-corrected chi connectivity index (χ3v) is 4.01. The minimum absolute atomic E-state index is 0.102. The number of pyridine rings is 1. The highest BCUT2D eigenvalue weighted by Gasteiger charge is 2.32. The molecule has 0 bridgehead atoms. The quantitative estimate of drug-likeness (QED) is 0.853. The molecule has 6 heteroatoms. The molecular formula is C13H16N4OS. The number of hydrogen-bond donors (Lipinski definition) is 0. The predicted molar refractivity (Wildman–Crippen MR) is 72.7 cm³/mol. The largest absolute Gasteiger partial charge is 0.372 e. The van der Waals surface area contributed by atoms with Crippen LogP contribution in [0.5, 0.6) is 0 Å². The molecule has 0 N–H and O–H groups in total. The van der Waals surface area contributed by atoms with Crippen molar-refractivity contribution in [3.8, 4) is 0 Å². The second kappa shape index (κ2) is 5.73. The van der Waals surface area contributed by atoms with E-state index in [0.29, 0.717) is 6.04 Å². The van der Waals surface area contributed by atoms with Gasteiger partial charge in [0.05, 0.1) is 11.8 Å². The maximum Gasteiger partial charge on any atom is 0.0995 e. The summed E-state index contributed by atoms with van der Waals surface area (Å²) in [6.07, 6.45) is 4.82. The zero-order valence-electron chi connectivity index (χ0n) is 10.8. The molecule has 3 heterocycles. The van der Waals surface area contributed by atoms with Gasteiger partial charge in [-0.05, 0) is 31.1 Å². The standard InChI is InChI=1S/C13H16N4OS/c1-17(8-11-9-19-16-15-11)12-4-6-18-13(12)10-3-2-5-14-7-10/h2-3,5,7,9,12-13H,4,6,8H2,1H3/t12-,13+/m0/s1. The summed E-state index contributed by atoms with van der Waals surface area (Å²) >= 11 is 1.39. The van der Waals surface area contributed by atoms with Gasteiger partial charge in [0.15, 0.2) is 0 Å². The van der Waals surface area contributed by atoms with Crippen molar-refractivity contribution in [3.05, 3.63) is 41.2 Å². The molecule has 0 radical (unpaired) electrons. The Morgan fingerprint density at radius 2 is 2.47 bits per heavy atom. The van der Waals surface area contributed by atoms with Crippen molar-refractivity contribution in [3.63, 3.8) is 0 Å². The Morgan fingerprint density at radius 3 is 3.21 bits per heavy atom. The fourth-order valence-corrected chi connectivity index (χ4v) is 2.96. The van der Waals surface area contributed by atoms with Crippen LogP contribution in [0.4, 0.5) is 0 Å². The first-order chi connectivity index (χ1) is 9.34. The van der Waals surface area contributed by atoms with E-state index in [2.05, 4.69) is 32.6 Å². The third kappa shape index (κ3) is 2.80. The zero-order chi connectivity index (χ0) is 13.1. The average Bonchev–Trinajstić information content (AvgIpc) is 3.10. The van der Waals surface area contributed by atoms with Gasteiger partial charge in [-0.15, -0.1) is 5.10 Å². The SMILES string of the molecule is CN(Cc1csnn1)[C@H]1CCO[C@@H]1c1cccnc1. The van der Waals surface area contributed by atoms with Crippen LogP contribution in [-0.2, 0) is 11.3 Å². The topological polar surface area (TPSA) is 51.1 Å². The summed E-state index contributed by atoms with van der Waals surface area (Å²) in [6.45, 7) is 1.60. The summed E-state index contributed by atoms with van der Waals surface area (Å²) in [6, 6.07) is 4.40. The molecule has 2 aromatic heterocycles. The van der Waals surface area contributed by atoms with Crippen LogP contribution in [0.1, 0.15) is 23.8 Å². The van der Waals surface area contributed by atoms with Crippen molar-refractivity contribution >= 4 is 11.5 Å². The molecule has 2 atom stereocenters. The Balaban J connectivity index is 1.72. The molecule has 0 unspecified atom stereocenters. The molecule has 1 aliphatic rings. The van der Waals surface area contributed by atoms with Gasteiger partial charge < -0.3 is 4.74 Å². The van der Waals surface area contributed by atoms with Crippen LogP contribution in [0.15, 0.2) is 29.9 Å².